The smallest absolute Gasteiger partial charge is 0.132 e. The van der Waals surface area contributed by atoms with E-state index in [1.54, 1.807) is 0 Å². The molecule has 3 nitrogen and oxygen atoms in total. The highest BCUT2D eigenvalue weighted by Gasteiger charge is 2.29. The molecule has 0 unspecified atom stereocenters. The molecule has 0 amide bonds. The molecule has 3 rings (SSSR count). The lowest BCUT2D eigenvalue weighted by atomic mass is 10.0. The molecule has 112 valence electrons. The molecule has 0 saturated heterocycles. The van der Waals surface area contributed by atoms with Crippen molar-refractivity contribution in [3.8, 4) is 11.3 Å². The summed E-state index contributed by atoms with van der Waals surface area (Å²) in [7, 11) is 0. The molecular weight excluding hydrogens is 258 g/mol. The highest BCUT2D eigenvalue weighted by Crippen LogP contribution is 2.45. The average Bonchev–Trinajstić information content (AvgIpc) is 3.21. The van der Waals surface area contributed by atoms with Crippen LogP contribution in [0.25, 0.3) is 11.3 Å². The maximum Gasteiger partial charge on any atom is 0.132 e. The Bertz CT molecular complexity index is 658. The molecule has 2 aromatic rings. The summed E-state index contributed by atoms with van der Waals surface area (Å²) >= 11 is 0. The number of aryl methyl sites for hydroxylation is 1. The Hall–Kier alpha value is -1.77. The van der Waals surface area contributed by atoms with Gasteiger partial charge in [0.2, 0.25) is 0 Å². The van der Waals surface area contributed by atoms with Gasteiger partial charge in [0, 0.05) is 17.5 Å². The molecule has 21 heavy (non-hydrogen) atoms. The van der Waals surface area contributed by atoms with E-state index in [2.05, 4.69) is 56.5 Å². The molecule has 1 aromatic carbocycles. The monoisotopic (exact) mass is 283 g/mol. The second-order valence-corrected chi connectivity index (χ2v) is 6.98. The summed E-state index contributed by atoms with van der Waals surface area (Å²) in [5, 5.41) is 0. The van der Waals surface area contributed by atoms with Gasteiger partial charge in [0.25, 0.3) is 0 Å². The Kier molecular flexibility index (Phi) is 3.31. The van der Waals surface area contributed by atoms with E-state index in [9.17, 15) is 0 Å². The van der Waals surface area contributed by atoms with E-state index in [1.165, 1.54) is 24.0 Å². The van der Waals surface area contributed by atoms with Crippen molar-refractivity contribution < 1.29 is 0 Å². The maximum absolute atomic E-state index is 6.49. The van der Waals surface area contributed by atoms with Crippen molar-refractivity contribution in [3.63, 3.8) is 0 Å². The topological polar surface area (TPSA) is 43.8 Å². The lowest BCUT2D eigenvalue weighted by Crippen LogP contribution is -2.25. The molecule has 0 bridgehead atoms. The van der Waals surface area contributed by atoms with Gasteiger partial charge < -0.3 is 10.3 Å². The first-order valence-corrected chi connectivity index (χ1v) is 7.90. The lowest BCUT2D eigenvalue weighted by molar-refractivity contribution is 0.389. The summed E-state index contributed by atoms with van der Waals surface area (Å²) in [4.78, 5) is 4.87. The second-order valence-electron chi connectivity index (χ2n) is 6.98. The van der Waals surface area contributed by atoms with E-state index in [0.717, 1.165) is 23.8 Å². The number of hydrogen-bond acceptors (Lipinski definition) is 2. The molecule has 1 saturated carbocycles. The highest BCUT2D eigenvalue weighted by atomic mass is 15.2. The van der Waals surface area contributed by atoms with Gasteiger partial charge in [-0.25, -0.2) is 4.98 Å². The maximum atomic E-state index is 6.49. The number of nitrogen functional groups attached to an aromatic ring is 1. The molecule has 1 aliphatic rings. The standard InChI is InChI=1S/C18H25N3/c1-5-15-20-16(17(19)21(15)18(2,3)4)14-9-7-6-8-13(14)12-10-11-12/h6-9,12H,5,10-11,19H2,1-4H3. The number of nitrogens with two attached hydrogens (primary N) is 1. The van der Waals surface area contributed by atoms with Crippen molar-refractivity contribution in [1.29, 1.82) is 0 Å². The van der Waals surface area contributed by atoms with E-state index in [4.69, 9.17) is 10.7 Å². The summed E-state index contributed by atoms with van der Waals surface area (Å²) in [6.45, 7) is 8.68. The van der Waals surface area contributed by atoms with Gasteiger partial charge in [0.15, 0.2) is 0 Å². The fourth-order valence-corrected chi connectivity index (χ4v) is 3.13. The quantitative estimate of drug-likeness (QED) is 0.911. The molecule has 0 atom stereocenters. The Balaban J connectivity index is 2.18. The number of hydrogen-bond donors (Lipinski definition) is 1. The second kappa shape index (κ2) is 4.90. The Labute approximate surface area is 127 Å². The Morgan fingerprint density at radius 1 is 1.24 bits per heavy atom. The first-order valence-electron chi connectivity index (χ1n) is 7.90. The SMILES string of the molecule is CCc1nc(-c2ccccc2C2CC2)c(N)n1C(C)(C)C. The van der Waals surface area contributed by atoms with Crippen LogP contribution in [-0.4, -0.2) is 9.55 Å². The van der Waals surface area contributed by atoms with Crippen molar-refractivity contribution in [1.82, 2.24) is 9.55 Å². The lowest BCUT2D eigenvalue weighted by Gasteiger charge is -2.24. The minimum absolute atomic E-state index is 0.0464. The van der Waals surface area contributed by atoms with Crippen molar-refractivity contribution >= 4 is 5.82 Å². The van der Waals surface area contributed by atoms with Crippen LogP contribution in [0.15, 0.2) is 24.3 Å². The number of imidazole rings is 1. The van der Waals surface area contributed by atoms with Crippen LogP contribution in [0.2, 0.25) is 0 Å². The van der Waals surface area contributed by atoms with Crippen LogP contribution in [0, 0.1) is 0 Å². The van der Waals surface area contributed by atoms with E-state index >= 15 is 0 Å². The molecule has 0 aliphatic heterocycles. The van der Waals surface area contributed by atoms with Gasteiger partial charge in [-0.15, -0.1) is 0 Å². The van der Waals surface area contributed by atoms with Gasteiger partial charge in [-0.05, 0) is 45.1 Å². The van der Waals surface area contributed by atoms with Gasteiger partial charge in [-0.3, -0.25) is 0 Å². The van der Waals surface area contributed by atoms with Gasteiger partial charge in [-0.1, -0.05) is 31.2 Å². The first kappa shape index (κ1) is 14.2. The number of rotatable bonds is 3. The van der Waals surface area contributed by atoms with E-state index < -0.39 is 0 Å². The summed E-state index contributed by atoms with van der Waals surface area (Å²) in [6, 6.07) is 8.60. The van der Waals surface area contributed by atoms with Gasteiger partial charge >= 0.3 is 0 Å². The number of aromatic nitrogens is 2. The zero-order valence-electron chi connectivity index (χ0n) is 13.5. The van der Waals surface area contributed by atoms with Crippen LogP contribution in [0.5, 0.6) is 0 Å². The average molecular weight is 283 g/mol. The van der Waals surface area contributed by atoms with Crippen LogP contribution in [0.4, 0.5) is 5.82 Å². The fourth-order valence-electron chi connectivity index (χ4n) is 3.13. The van der Waals surface area contributed by atoms with Gasteiger partial charge in [0.05, 0.1) is 0 Å². The largest absolute Gasteiger partial charge is 0.383 e. The third-order valence-corrected chi connectivity index (χ3v) is 4.20. The van der Waals surface area contributed by atoms with Crippen LogP contribution in [-0.2, 0) is 12.0 Å². The Morgan fingerprint density at radius 2 is 1.90 bits per heavy atom. The zero-order valence-corrected chi connectivity index (χ0v) is 13.5. The molecule has 3 heteroatoms. The zero-order chi connectivity index (χ0) is 15.2. The fraction of sp³-hybridized carbons (Fsp3) is 0.500. The molecule has 1 aromatic heterocycles. The molecular formula is C18H25N3. The van der Waals surface area contributed by atoms with Crippen molar-refractivity contribution in [2.24, 2.45) is 0 Å². The number of nitrogens with zero attached hydrogens (tertiary/aromatic N) is 2. The van der Waals surface area contributed by atoms with Crippen LogP contribution in [0.1, 0.15) is 57.8 Å². The molecule has 2 N–H and O–H groups in total. The summed E-state index contributed by atoms with van der Waals surface area (Å²) < 4.78 is 2.19. The van der Waals surface area contributed by atoms with E-state index in [1.807, 2.05) is 0 Å². The highest BCUT2D eigenvalue weighted by molar-refractivity contribution is 5.75. The Morgan fingerprint density at radius 3 is 2.43 bits per heavy atom. The minimum Gasteiger partial charge on any atom is -0.383 e. The number of benzene rings is 1. The predicted molar refractivity (Wildman–Crippen MR) is 88.4 cm³/mol. The summed E-state index contributed by atoms with van der Waals surface area (Å²) in [5.74, 6) is 2.57. The van der Waals surface area contributed by atoms with Crippen molar-refractivity contribution in [3.05, 3.63) is 35.7 Å². The molecule has 0 radical (unpaired) electrons. The van der Waals surface area contributed by atoms with Gasteiger partial charge in [-0.2, -0.15) is 0 Å². The summed E-state index contributed by atoms with van der Waals surface area (Å²) in [5.41, 5.74) is 10.0. The third-order valence-electron chi connectivity index (χ3n) is 4.20. The number of anilines is 1. The van der Waals surface area contributed by atoms with E-state index in [0.29, 0.717) is 5.92 Å². The molecule has 0 spiro atoms. The van der Waals surface area contributed by atoms with Crippen LogP contribution in [0.3, 0.4) is 0 Å². The molecule has 1 heterocycles. The van der Waals surface area contributed by atoms with Gasteiger partial charge in [0.1, 0.15) is 17.3 Å². The first-order chi connectivity index (χ1) is 9.93. The van der Waals surface area contributed by atoms with Crippen LogP contribution >= 0.6 is 0 Å². The predicted octanol–water partition coefficient (Wildman–Crippen LogP) is 4.33. The molecule has 1 aliphatic carbocycles. The van der Waals surface area contributed by atoms with Crippen molar-refractivity contribution in [2.75, 3.05) is 5.73 Å². The summed E-state index contributed by atoms with van der Waals surface area (Å²) in [6.07, 6.45) is 3.47. The van der Waals surface area contributed by atoms with Crippen molar-refractivity contribution in [2.45, 2.75) is 58.4 Å². The van der Waals surface area contributed by atoms with E-state index in [-0.39, 0.29) is 5.54 Å². The van der Waals surface area contributed by atoms with Crippen LogP contribution < -0.4 is 5.73 Å². The third kappa shape index (κ3) is 2.45. The minimum atomic E-state index is -0.0464. The normalized spacial score (nSPS) is 15.4. The molecule has 1 fully saturated rings.